The van der Waals surface area contributed by atoms with E-state index in [4.69, 9.17) is 34.4 Å². The van der Waals surface area contributed by atoms with Gasteiger partial charge in [0.05, 0.1) is 17.6 Å². The highest BCUT2D eigenvalue weighted by atomic mass is 16.6. The topological polar surface area (TPSA) is 178 Å². The molecule has 0 amide bonds. The summed E-state index contributed by atoms with van der Waals surface area (Å²) in [5, 5.41) is 0.942. The molecule has 0 aliphatic rings. The van der Waals surface area contributed by atoms with Crippen molar-refractivity contribution in [1.29, 1.82) is 0 Å². The van der Waals surface area contributed by atoms with Crippen LogP contribution in [0.4, 0.5) is 5.82 Å². The van der Waals surface area contributed by atoms with Crippen LogP contribution < -0.4 is 5.73 Å². The third kappa shape index (κ3) is 37.1. The van der Waals surface area contributed by atoms with Crippen molar-refractivity contribution in [3.8, 4) is 0 Å². The van der Waals surface area contributed by atoms with Crippen molar-refractivity contribution in [3.05, 3.63) is 30.1 Å². The van der Waals surface area contributed by atoms with E-state index in [1.54, 1.807) is 0 Å². The number of benzene rings is 1. The van der Waals surface area contributed by atoms with Crippen LogP contribution in [0.25, 0.3) is 21.9 Å². The van der Waals surface area contributed by atoms with E-state index in [0.717, 1.165) is 209 Å². The Kier molecular flexibility index (Phi) is 46.2. The summed E-state index contributed by atoms with van der Waals surface area (Å²) in [6, 6.07) is 7.93. The van der Waals surface area contributed by atoms with Gasteiger partial charge in [0, 0.05) is 37.7 Å². The van der Waals surface area contributed by atoms with Gasteiger partial charge in [0.15, 0.2) is 5.82 Å². The van der Waals surface area contributed by atoms with Crippen LogP contribution in [0.3, 0.4) is 0 Å². The van der Waals surface area contributed by atoms with Gasteiger partial charge in [0.25, 0.3) is 0 Å². The molecule has 3 atom stereocenters. The highest BCUT2D eigenvalue weighted by Gasteiger charge is 2.28. The Morgan fingerprint density at radius 1 is 0.467 bits per heavy atom. The molecule has 2 aromatic heterocycles. The molecule has 0 saturated heterocycles. The summed E-state index contributed by atoms with van der Waals surface area (Å²) in [5.41, 5.74) is 7.94. The molecule has 0 bridgehead atoms. The van der Waals surface area contributed by atoms with E-state index >= 15 is 0 Å². The van der Waals surface area contributed by atoms with Crippen molar-refractivity contribution >= 4 is 51.6 Å². The number of rotatable bonds is 61. The molecule has 15 nitrogen and oxygen atoms in total. The first-order valence-electron chi connectivity index (χ1n) is 38.1. The van der Waals surface area contributed by atoms with Gasteiger partial charge in [-0.1, -0.05) is 182 Å². The van der Waals surface area contributed by atoms with Gasteiger partial charge < -0.3 is 43.8 Å². The molecule has 0 radical (unpaired) electrons. The minimum absolute atomic E-state index is 0.0247. The highest BCUT2D eigenvalue weighted by Crippen LogP contribution is 2.31. The third-order valence-electron chi connectivity index (χ3n) is 18.3. The van der Waals surface area contributed by atoms with Crippen LogP contribution in [0, 0.1) is 0 Å². The number of hydrogen-bond donors (Lipinski definition) is 1. The van der Waals surface area contributed by atoms with Crippen LogP contribution in [-0.4, -0.2) is 118 Å². The second-order valence-corrected chi connectivity index (χ2v) is 27.2. The van der Waals surface area contributed by atoms with Crippen LogP contribution >= 0.6 is 0 Å². The van der Waals surface area contributed by atoms with E-state index in [0.29, 0.717) is 56.8 Å². The number of aromatic nitrogens is 3. The number of nitrogens with zero attached hydrogens (tertiary/aromatic N) is 5. The number of anilines is 1. The Labute approximate surface area is 560 Å². The third-order valence-corrected chi connectivity index (χ3v) is 18.3. The van der Waals surface area contributed by atoms with Gasteiger partial charge in [-0.25, -0.2) is 9.97 Å². The average molecular weight is 1290 g/mol. The number of unbranched alkanes of at least 4 members (excludes halogenated alkanes) is 23. The second-order valence-electron chi connectivity index (χ2n) is 27.2. The number of ether oxygens (including phenoxy) is 5. The van der Waals surface area contributed by atoms with Crippen molar-refractivity contribution in [2.45, 2.75) is 363 Å². The summed E-state index contributed by atoms with van der Waals surface area (Å²) in [4.78, 5) is 66.4. The Morgan fingerprint density at radius 2 is 0.837 bits per heavy atom. The number of imidazole rings is 1. The largest absolute Gasteiger partial charge is 0.462 e. The van der Waals surface area contributed by atoms with Crippen LogP contribution in [0.5, 0.6) is 0 Å². The van der Waals surface area contributed by atoms with E-state index in [1.807, 2.05) is 45.0 Å². The molecule has 0 saturated carbocycles. The first kappa shape index (κ1) is 81.9. The fourth-order valence-corrected chi connectivity index (χ4v) is 12.7. The first-order valence-corrected chi connectivity index (χ1v) is 38.1. The molecule has 92 heavy (non-hydrogen) atoms. The lowest BCUT2D eigenvalue weighted by molar-refractivity contribution is -0.158. The van der Waals surface area contributed by atoms with Crippen molar-refractivity contribution in [2.75, 3.05) is 51.6 Å². The second kappa shape index (κ2) is 51.9. The summed E-state index contributed by atoms with van der Waals surface area (Å²) in [6.07, 6.45) is 42.2. The molecule has 3 rings (SSSR count). The summed E-state index contributed by atoms with van der Waals surface area (Å²) in [7, 11) is 0. The maximum Gasteiger partial charge on any atom is 0.306 e. The maximum atomic E-state index is 13.6. The van der Waals surface area contributed by atoms with Crippen LogP contribution in [-0.2, 0) is 56.0 Å². The van der Waals surface area contributed by atoms with Crippen LogP contribution in [0.2, 0.25) is 0 Å². The standard InChI is InChI=1S/C77H136N6O9/c1-10-17-33-47-64(13-4)89-70(84)52-36-26-20-23-29-42-56-81(57-43-30-24-21-27-37-53-71(85)90-65(14-5)48-34-18-11-2)60-46-61-82(58-44-31-25-22-28-38-54-72(86)91-66(15-6)49-35-19-12-3)59-45-32-39-55-73(87)92-77(8,9)63-83-69(62-88-16-7)80-74-75(83)67-50-40-41-51-68(67)79-76(74)78/h40-41,50-51,64-66H,10-39,42-49,52-63H2,1-9H3,(H2,78,79). The van der Waals surface area contributed by atoms with Gasteiger partial charge in [-0.05, 0) is 182 Å². The zero-order valence-electron chi connectivity index (χ0n) is 60.4. The minimum Gasteiger partial charge on any atom is -0.462 e. The van der Waals surface area contributed by atoms with Crippen LogP contribution in [0.1, 0.15) is 331 Å². The molecule has 15 heteroatoms. The van der Waals surface area contributed by atoms with E-state index in [9.17, 15) is 19.2 Å². The molecular formula is C77H136N6O9. The summed E-state index contributed by atoms with van der Waals surface area (Å²) in [5.74, 6) is 0.818. The quantitative estimate of drug-likeness (QED) is 0.0321. The summed E-state index contributed by atoms with van der Waals surface area (Å²) >= 11 is 0. The minimum atomic E-state index is -0.818. The van der Waals surface area contributed by atoms with Gasteiger partial charge in [-0.2, -0.15) is 0 Å². The smallest absolute Gasteiger partial charge is 0.306 e. The Morgan fingerprint density at radius 3 is 1.24 bits per heavy atom. The van der Waals surface area contributed by atoms with Gasteiger partial charge >= 0.3 is 23.9 Å². The number of carbonyl (C=O) groups excluding carboxylic acids is 4. The molecule has 0 aliphatic carbocycles. The van der Waals surface area contributed by atoms with Gasteiger partial charge in [-0.15, -0.1) is 0 Å². The monoisotopic (exact) mass is 1290 g/mol. The highest BCUT2D eigenvalue weighted by molar-refractivity contribution is 6.06. The number of carbonyl (C=O) groups is 4. The normalized spacial score (nSPS) is 12.9. The van der Waals surface area contributed by atoms with E-state index in [1.165, 1.54) is 89.9 Å². The lowest BCUT2D eigenvalue weighted by Crippen LogP contribution is -2.34. The van der Waals surface area contributed by atoms with Gasteiger partial charge in [0.1, 0.15) is 41.9 Å². The molecular weight excluding hydrogens is 1150 g/mol. The number of hydrogen-bond acceptors (Lipinski definition) is 14. The predicted octanol–water partition coefficient (Wildman–Crippen LogP) is 19.5. The number of nitrogen functional groups attached to an aromatic ring is 1. The molecule has 3 unspecified atom stereocenters. The van der Waals surface area contributed by atoms with Crippen molar-refractivity contribution in [2.24, 2.45) is 0 Å². The maximum absolute atomic E-state index is 13.6. The Balaban J connectivity index is 1.57. The van der Waals surface area contributed by atoms with E-state index in [2.05, 4.69) is 60.9 Å². The SMILES string of the molecule is CCCCCC(CC)OC(=O)CCCCCCCCN(CCCCCCCCC(=O)OC(CC)CCCCC)CCCN(CCCCCCCCC(=O)OC(CC)CCCCC)CCCCCC(=O)OC(C)(C)Cn1c(COCC)nc2c(N)nc3ccccc3c21. The summed E-state index contributed by atoms with van der Waals surface area (Å²) < 4.78 is 31.7. The van der Waals surface area contributed by atoms with Gasteiger partial charge in [0.2, 0.25) is 0 Å². The fourth-order valence-electron chi connectivity index (χ4n) is 12.7. The lowest BCUT2D eigenvalue weighted by atomic mass is 10.1. The van der Waals surface area contributed by atoms with Crippen molar-refractivity contribution in [3.63, 3.8) is 0 Å². The molecule has 3 aromatic rings. The molecule has 528 valence electrons. The number of para-hydroxylation sites is 1. The Hall–Kier alpha value is -4.34. The number of nitrogens with two attached hydrogens (primary N) is 1. The van der Waals surface area contributed by atoms with Crippen molar-refractivity contribution < 1.29 is 42.9 Å². The fraction of sp³-hybridized carbons (Fsp3) is 0.818. The summed E-state index contributed by atoms with van der Waals surface area (Å²) in [6.45, 7) is 26.5. The number of pyridine rings is 1. The molecule has 2 heterocycles. The molecule has 2 N–H and O–H groups in total. The first-order chi connectivity index (χ1) is 44.7. The molecule has 0 fully saturated rings. The molecule has 0 aliphatic heterocycles. The van der Waals surface area contributed by atoms with Crippen molar-refractivity contribution in [1.82, 2.24) is 24.3 Å². The molecule has 1 aromatic carbocycles. The Bertz CT molecular complexity index is 2330. The van der Waals surface area contributed by atoms with E-state index in [-0.39, 0.29) is 42.2 Å². The van der Waals surface area contributed by atoms with E-state index < -0.39 is 5.60 Å². The number of esters is 4. The zero-order chi connectivity index (χ0) is 66.9. The van der Waals surface area contributed by atoms with Gasteiger partial charge in [-0.3, -0.25) is 19.2 Å². The predicted molar refractivity (Wildman–Crippen MR) is 381 cm³/mol. The average Bonchev–Trinajstić information content (AvgIpc) is 1.62. The molecule has 0 spiro atoms. The van der Waals surface area contributed by atoms with Crippen LogP contribution in [0.15, 0.2) is 24.3 Å². The lowest BCUT2D eigenvalue weighted by Gasteiger charge is -2.27. The zero-order valence-corrected chi connectivity index (χ0v) is 60.4. The number of fused-ring (bicyclic) bond motifs is 3.